The maximum atomic E-state index is 11.1. The number of benzene rings is 1. The summed E-state index contributed by atoms with van der Waals surface area (Å²) in [4.78, 5) is 12.9. The number of nitrogens with two attached hydrogens (primary N) is 1. The monoisotopic (exact) mass is 293 g/mol. The normalized spacial score (nSPS) is 22.1. The third-order valence-electron chi connectivity index (χ3n) is 3.94. The number of nitro benzene ring substituents is 1. The zero-order chi connectivity index (χ0) is 15.4. The molecule has 0 aromatic heterocycles. The van der Waals surface area contributed by atoms with Crippen molar-refractivity contribution in [3.63, 3.8) is 0 Å². The molecule has 1 fully saturated rings. The average molecular weight is 293 g/mol. The lowest BCUT2D eigenvalue weighted by Crippen LogP contribution is -2.45. The predicted molar refractivity (Wildman–Crippen MR) is 82.9 cm³/mol. The summed E-state index contributed by atoms with van der Waals surface area (Å²) in [7, 11) is 0. The average Bonchev–Trinajstić information content (AvgIpc) is 2.47. The fraction of sp³-hybridized carbons (Fsp3) is 0.600. The third-order valence-corrected chi connectivity index (χ3v) is 3.94. The third kappa shape index (κ3) is 3.64. The molecule has 116 valence electrons. The van der Waals surface area contributed by atoms with Crippen molar-refractivity contribution < 1.29 is 9.66 Å². The van der Waals surface area contributed by atoms with Crippen LogP contribution in [0.2, 0.25) is 0 Å². The van der Waals surface area contributed by atoms with Gasteiger partial charge in [-0.25, -0.2) is 0 Å². The van der Waals surface area contributed by atoms with Crippen molar-refractivity contribution in [2.45, 2.75) is 32.7 Å². The molecule has 0 saturated carbocycles. The summed E-state index contributed by atoms with van der Waals surface area (Å²) < 4.78 is 5.53. The quantitative estimate of drug-likeness (QED) is 0.666. The second kappa shape index (κ2) is 6.76. The van der Waals surface area contributed by atoms with Crippen LogP contribution < -0.4 is 15.4 Å². The van der Waals surface area contributed by atoms with Gasteiger partial charge in [0.25, 0.3) is 0 Å². The summed E-state index contributed by atoms with van der Waals surface area (Å²) in [6, 6.07) is 5.33. The first-order valence-electron chi connectivity index (χ1n) is 7.44. The molecule has 2 N–H and O–H groups in total. The van der Waals surface area contributed by atoms with Gasteiger partial charge in [-0.1, -0.05) is 13.8 Å². The molecule has 1 aliphatic heterocycles. The van der Waals surface area contributed by atoms with Crippen LogP contribution in [0.3, 0.4) is 0 Å². The first-order valence-corrected chi connectivity index (χ1v) is 7.44. The van der Waals surface area contributed by atoms with Crippen LogP contribution in [0.4, 0.5) is 11.4 Å². The highest BCUT2D eigenvalue weighted by atomic mass is 16.6. The Kier molecular flexibility index (Phi) is 5.01. The first-order chi connectivity index (χ1) is 10.0. The van der Waals surface area contributed by atoms with Gasteiger partial charge in [0.15, 0.2) is 5.75 Å². The van der Waals surface area contributed by atoms with E-state index in [1.54, 1.807) is 12.1 Å². The number of nitro groups is 1. The fourth-order valence-corrected chi connectivity index (χ4v) is 2.58. The van der Waals surface area contributed by atoms with Crippen LogP contribution in [0.25, 0.3) is 0 Å². The Morgan fingerprint density at radius 1 is 1.52 bits per heavy atom. The second-order valence-corrected chi connectivity index (χ2v) is 5.63. The number of ether oxygens (including phenoxy) is 1. The zero-order valence-corrected chi connectivity index (χ0v) is 12.6. The molecular weight excluding hydrogens is 270 g/mol. The van der Waals surface area contributed by atoms with Crippen molar-refractivity contribution in [2.24, 2.45) is 11.7 Å². The molecule has 1 aromatic carbocycles. The van der Waals surface area contributed by atoms with Crippen molar-refractivity contribution in [1.82, 2.24) is 0 Å². The van der Waals surface area contributed by atoms with Gasteiger partial charge in [-0.05, 0) is 24.8 Å². The number of nitrogens with zero attached hydrogens (tertiary/aromatic N) is 2. The van der Waals surface area contributed by atoms with Crippen LogP contribution in [0, 0.1) is 16.0 Å². The summed E-state index contributed by atoms with van der Waals surface area (Å²) in [5.74, 6) is 0.760. The molecule has 2 atom stereocenters. The molecule has 6 heteroatoms. The molecule has 21 heavy (non-hydrogen) atoms. The van der Waals surface area contributed by atoms with E-state index in [0.29, 0.717) is 18.3 Å². The van der Waals surface area contributed by atoms with Crippen LogP contribution in [0.5, 0.6) is 5.75 Å². The first kappa shape index (κ1) is 15.6. The Bertz CT molecular complexity index is 507. The lowest BCUT2D eigenvalue weighted by molar-refractivity contribution is -0.385. The van der Waals surface area contributed by atoms with Crippen molar-refractivity contribution in [3.8, 4) is 5.75 Å². The van der Waals surface area contributed by atoms with Gasteiger partial charge >= 0.3 is 5.69 Å². The number of rotatable bonds is 5. The van der Waals surface area contributed by atoms with Crippen LogP contribution >= 0.6 is 0 Å². The van der Waals surface area contributed by atoms with Gasteiger partial charge in [0.1, 0.15) is 0 Å². The van der Waals surface area contributed by atoms with E-state index >= 15 is 0 Å². The van der Waals surface area contributed by atoms with E-state index < -0.39 is 4.92 Å². The molecule has 1 aromatic rings. The molecule has 0 radical (unpaired) electrons. The SMILES string of the molecule is CCCOc1cc(N2CCC(N)C(C)C2)ccc1[N+](=O)[O-]. The van der Waals surface area contributed by atoms with E-state index in [1.165, 1.54) is 6.07 Å². The smallest absolute Gasteiger partial charge is 0.311 e. The van der Waals surface area contributed by atoms with E-state index in [9.17, 15) is 10.1 Å². The summed E-state index contributed by atoms with van der Waals surface area (Å²) >= 11 is 0. The van der Waals surface area contributed by atoms with Gasteiger partial charge in [-0.2, -0.15) is 0 Å². The summed E-state index contributed by atoms with van der Waals surface area (Å²) in [5.41, 5.74) is 7.02. The van der Waals surface area contributed by atoms with Crippen molar-refractivity contribution in [2.75, 3.05) is 24.6 Å². The zero-order valence-electron chi connectivity index (χ0n) is 12.6. The fourth-order valence-electron chi connectivity index (χ4n) is 2.58. The maximum Gasteiger partial charge on any atom is 0.311 e. The lowest BCUT2D eigenvalue weighted by Gasteiger charge is -2.36. The molecule has 1 heterocycles. The molecule has 6 nitrogen and oxygen atoms in total. The molecule has 0 amide bonds. The van der Waals surface area contributed by atoms with Crippen molar-refractivity contribution in [3.05, 3.63) is 28.3 Å². The number of hydrogen-bond acceptors (Lipinski definition) is 5. The minimum Gasteiger partial charge on any atom is -0.487 e. The summed E-state index contributed by atoms with van der Waals surface area (Å²) in [6.45, 7) is 6.33. The van der Waals surface area contributed by atoms with Gasteiger partial charge in [-0.15, -0.1) is 0 Å². The number of anilines is 1. The van der Waals surface area contributed by atoms with E-state index in [1.807, 2.05) is 6.92 Å². The van der Waals surface area contributed by atoms with E-state index in [0.717, 1.165) is 31.6 Å². The molecule has 0 spiro atoms. The van der Waals surface area contributed by atoms with E-state index in [-0.39, 0.29) is 11.7 Å². The Hall–Kier alpha value is -1.82. The second-order valence-electron chi connectivity index (χ2n) is 5.63. The Morgan fingerprint density at radius 3 is 2.90 bits per heavy atom. The summed E-state index contributed by atoms with van der Waals surface area (Å²) in [5, 5.41) is 11.1. The largest absolute Gasteiger partial charge is 0.487 e. The van der Waals surface area contributed by atoms with Gasteiger partial charge in [0, 0.05) is 37.0 Å². The minimum absolute atomic E-state index is 0.0222. The van der Waals surface area contributed by atoms with E-state index in [2.05, 4.69) is 11.8 Å². The topological polar surface area (TPSA) is 81.6 Å². The Balaban J connectivity index is 2.22. The van der Waals surface area contributed by atoms with Crippen LogP contribution in [-0.4, -0.2) is 30.7 Å². The lowest BCUT2D eigenvalue weighted by atomic mass is 9.94. The molecule has 0 aliphatic carbocycles. The van der Waals surface area contributed by atoms with Crippen molar-refractivity contribution >= 4 is 11.4 Å². The molecule has 1 saturated heterocycles. The molecular formula is C15H23N3O3. The molecule has 2 unspecified atom stereocenters. The van der Waals surface area contributed by atoms with Gasteiger partial charge in [0.2, 0.25) is 0 Å². The maximum absolute atomic E-state index is 11.1. The highest BCUT2D eigenvalue weighted by molar-refractivity contribution is 5.59. The van der Waals surface area contributed by atoms with Crippen LogP contribution in [0.15, 0.2) is 18.2 Å². The summed E-state index contributed by atoms with van der Waals surface area (Å²) in [6.07, 6.45) is 1.75. The number of hydrogen-bond donors (Lipinski definition) is 1. The standard InChI is InChI=1S/C15H23N3O3/c1-3-8-21-15-9-12(4-5-14(15)18(19)20)17-7-6-13(16)11(2)10-17/h4-5,9,11,13H,3,6-8,10,16H2,1-2H3. The Morgan fingerprint density at radius 2 is 2.29 bits per heavy atom. The molecule has 1 aliphatic rings. The highest BCUT2D eigenvalue weighted by Crippen LogP contribution is 2.33. The molecule has 2 rings (SSSR count). The number of piperidine rings is 1. The van der Waals surface area contributed by atoms with Gasteiger partial charge in [0.05, 0.1) is 11.5 Å². The van der Waals surface area contributed by atoms with Crippen molar-refractivity contribution in [1.29, 1.82) is 0 Å². The highest BCUT2D eigenvalue weighted by Gasteiger charge is 2.25. The van der Waals surface area contributed by atoms with Gasteiger partial charge < -0.3 is 15.4 Å². The Labute approximate surface area is 125 Å². The molecule has 0 bridgehead atoms. The minimum atomic E-state index is -0.399. The van der Waals surface area contributed by atoms with Gasteiger partial charge in [-0.3, -0.25) is 10.1 Å². The van der Waals surface area contributed by atoms with Crippen LogP contribution in [-0.2, 0) is 0 Å². The van der Waals surface area contributed by atoms with E-state index in [4.69, 9.17) is 10.5 Å². The van der Waals surface area contributed by atoms with Crippen LogP contribution in [0.1, 0.15) is 26.7 Å². The predicted octanol–water partition coefficient (Wildman–Crippen LogP) is 2.56.